The van der Waals surface area contributed by atoms with Crippen LogP contribution >= 0.6 is 0 Å². The van der Waals surface area contributed by atoms with Gasteiger partial charge in [-0.2, -0.15) is 0 Å². The fraction of sp³-hybridized carbons (Fsp3) is 0.542. The highest BCUT2D eigenvalue weighted by Gasteiger charge is 2.37. The molecule has 32 heavy (non-hydrogen) atoms. The molecule has 1 unspecified atom stereocenters. The van der Waals surface area contributed by atoms with Crippen LogP contribution in [0.5, 0.6) is 0 Å². The molecule has 2 aromatic rings. The van der Waals surface area contributed by atoms with Crippen LogP contribution in [0.2, 0.25) is 0 Å². The van der Waals surface area contributed by atoms with Crippen LogP contribution in [0.25, 0.3) is 0 Å². The molecule has 0 N–H and O–H groups in total. The van der Waals surface area contributed by atoms with Gasteiger partial charge >= 0.3 is 5.69 Å². The van der Waals surface area contributed by atoms with Gasteiger partial charge in [-0.25, -0.2) is 9.79 Å². The van der Waals surface area contributed by atoms with E-state index < -0.39 is 0 Å². The highest BCUT2D eigenvalue weighted by atomic mass is 16.2. The van der Waals surface area contributed by atoms with Crippen LogP contribution in [0.3, 0.4) is 0 Å². The summed E-state index contributed by atoms with van der Waals surface area (Å²) in [5.41, 5.74) is 3.00. The first kappa shape index (κ1) is 19.6. The molecule has 0 radical (unpaired) electrons. The Kier molecular flexibility index (Phi) is 4.45. The Morgan fingerprint density at radius 3 is 2.41 bits per heavy atom. The highest BCUT2D eigenvalue weighted by molar-refractivity contribution is 6.05. The summed E-state index contributed by atoms with van der Waals surface area (Å²) in [6.45, 7) is 0.826. The molecule has 2 aliphatic carbocycles. The van der Waals surface area contributed by atoms with Gasteiger partial charge in [0.25, 0.3) is 5.56 Å². The lowest BCUT2D eigenvalue weighted by atomic mass is 10.0. The number of pyridine rings is 1. The number of hydrogen-bond acceptors (Lipinski definition) is 5. The van der Waals surface area contributed by atoms with E-state index in [9.17, 15) is 14.4 Å². The predicted molar refractivity (Wildman–Crippen MR) is 120 cm³/mol. The van der Waals surface area contributed by atoms with Crippen LogP contribution in [0.4, 0.5) is 5.82 Å². The molecular weight excluding hydrogens is 406 g/mol. The molecule has 2 aliphatic heterocycles. The second-order valence-electron chi connectivity index (χ2n) is 9.75. The fourth-order valence-electron chi connectivity index (χ4n) is 5.02. The third-order valence-corrected chi connectivity index (χ3v) is 7.18. The number of carbonyl (C=O) groups is 1. The van der Waals surface area contributed by atoms with Gasteiger partial charge < -0.3 is 4.90 Å². The summed E-state index contributed by atoms with van der Waals surface area (Å²) in [7, 11) is 1.86. The molecule has 1 amide bonds. The summed E-state index contributed by atoms with van der Waals surface area (Å²) >= 11 is 0. The summed E-state index contributed by atoms with van der Waals surface area (Å²) in [5.74, 6) is 1.19. The Morgan fingerprint density at radius 1 is 1.03 bits per heavy atom. The molecular formula is C24H27N5O3. The Morgan fingerprint density at radius 2 is 1.78 bits per heavy atom. The first-order valence-corrected chi connectivity index (χ1v) is 11.7. The van der Waals surface area contributed by atoms with Crippen molar-refractivity contribution in [2.45, 2.75) is 63.5 Å². The molecule has 0 bridgehead atoms. The second kappa shape index (κ2) is 7.25. The van der Waals surface area contributed by atoms with Crippen molar-refractivity contribution >= 4 is 17.4 Å². The van der Waals surface area contributed by atoms with Crippen molar-refractivity contribution in [1.29, 1.82) is 0 Å². The Labute approximate surface area is 185 Å². The van der Waals surface area contributed by atoms with Crippen molar-refractivity contribution in [3.05, 3.63) is 56.0 Å². The maximum atomic E-state index is 13.1. The van der Waals surface area contributed by atoms with Crippen molar-refractivity contribution in [3.63, 3.8) is 0 Å². The zero-order valence-electron chi connectivity index (χ0n) is 18.3. The van der Waals surface area contributed by atoms with Gasteiger partial charge in [0.05, 0.1) is 11.3 Å². The molecule has 8 nitrogen and oxygen atoms in total. The number of aliphatic imine (C=N–C) groups is 1. The van der Waals surface area contributed by atoms with E-state index in [4.69, 9.17) is 4.99 Å². The Balaban J connectivity index is 1.23. The molecule has 166 valence electrons. The SMILES string of the molecule is CN1CC(CCc2ccc(C3=Nc4c(c(=O)n(C5CC5)c(=O)n4C4CC4)C3)cn2)CC1=O. The van der Waals surface area contributed by atoms with E-state index in [1.54, 1.807) is 9.47 Å². The minimum atomic E-state index is -0.187. The molecule has 8 heteroatoms. The lowest BCUT2D eigenvalue weighted by Gasteiger charge is -2.12. The number of aryl methyl sites for hydroxylation is 1. The Hall–Kier alpha value is -3.03. The van der Waals surface area contributed by atoms with Crippen LogP contribution in [-0.4, -0.2) is 44.2 Å². The molecule has 1 atom stereocenters. The third kappa shape index (κ3) is 3.32. The summed E-state index contributed by atoms with van der Waals surface area (Å²) in [6, 6.07) is 4.26. The van der Waals surface area contributed by atoms with E-state index in [1.807, 2.05) is 25.4 Å². The van der Waals surface area contributed by atoms with Crippen LogP contribution in [-0.2, 0) is 17.6 Å². The standard InChI is InChI=1S/C24H27N5O3/c1-27-13-14(10-21(27)30)2-4-16-5-3-15(12-25-16)20-11-19-22(26-20)28(17-6-7-17)24(32)29(23(19)31)18-8-9-18/h3,5,12,14,17-18H,2,4,6-11,13H2,1H3. The van der Waals surface area contributed by atoms with E-state index in [2.05, 4.69) is 4.98 Å². The molecule has 1 saturated heterocycles. The van der Waals surface area contributed by atoms with Crippen molar-refractivity contribution in [2.75, 3.05) is 13.6 Å². The van der Waals surface area contributed by atoms with Crippen molar-refractivity contribution < 1.29 is 4.79 Å². The lowest BCUT2D eigenvalue weighted by molar-refractivity contribution is -0.126. The molecule has 2 saturated carbocycles. The van der Waals surface area contributed by atoms with Gasteiger partial charge in [-0.3, -0.25) is 23.7 Å². The number of rotatable bonds is 6. The average Bonchev–Trinajstić information content (AvgIpc) is 3.70. The normalized spacial score (nSPS) is 22.4. The number of hydrogen-bond donors (Lipinski definition) is 0. The van der Waals surface area contributed by atoms with E-state index in [0.29, 0.717) is 30.1 Å². The van der Waals surface area contributed by atoms with Gasteiger partial charge in [0.1, 0.15) is 5.82 Å². The van der Waals surface area contributed by atoms with Gasteiger partial charge in [0.15, 0.2) is 0 Å². The van der Waals surface area contributed by atoms with E-state index in [0.717, 1.165) is 62.0 Å². The fourth-order valence-corrected chi connectivity index (χ4v) is 5.02. The maximum absolute atomic E-state index is 13.1. The molecule has 0 spiro atoms. The molecule has 3 fully saturated rings. The first-order valence-electron chi connectivity index (χ1n) is 11.7. The molecule has 0 aromatic carbocycles. The number of carbonyl (C=O) groups excluding carboxylic acids is 1. The number of amides is 1. The van der Waals surface area contributed by atoms with E-state index in [-0.39, 0.29) is 29.2 Å². The van der Waals surface area contributed by atoms with Crippen molar-refractivity contribution in [3.8, 4) is 0 Å². The number of likely N-dealkylation sites (tertiary alicyclic amines) is 1. The van der Waals surface area contributed by atoms with Gasteiger partial charge in [-0.05, 0) is 56.6 Å². The van der Waals surface area contributed by atoms with Gasteiger partial charge in [-0.15, -0.1) is 0 Å². The number of aromatic nitrogens is 3. The van der Waals surface area contributed by atoms with Crippen LogP contribution in [0.1, 0.15) is 67.4 Å². The van der Waals surface area contributed by atoms with Crippen molar-refractivity contribution in [1.82, 2.24) is 19.0 Å². The minimum Gasteiger partial charge on any atom is -0.345 e. The van der Waals surface area contributed by atoms with Crippen LogP contribution < -0.4 is 11.2 Å². The molecule has 6 rings (SSSR count). The van der Waals surface area contributed by atoms with Crippen LogP contribution in [0, 0.1) is 5.92 Å². The zero-order valence-corrected chi connectivity index (χ0v) is 18.3. The summed E-state index contributed by atoms with van der Waals surface area (Å²) in [5, 5.41) is 0. The maximum Gasteiger partial charge on any atom is 0.333 e. The highest BCUT2D eigenvalue weighted by Crippen LogP contribution is 2.40. The van der Waals surface area contributed by atoms with Crippen molar-refractivity contribution in [2.24, 2.45) is 10.9 Å². The second-order valence-corrected chi connectivity index (χ2v) is 9.75. The summed E-state index contributed by atoms with van der Waals surface area (Å²) in [4.78, 5) is 49.0. The molecule has 2 aromatic heterocycles. The van der Waals surface area contributed by atoms with E-state index in [1.165, 1.54) is 4.57 Å². The number of nitrogens with zero attached hydrogens (tertiary/aromatic N) is 5. The van der Waals surface area contributed by atoms with Gasteiger partial charge in [-0.1, -0.05) is 0 Å². The van der Waals surface area contributed by atoms with Crippen LogP contribution in [0.15, 0.2) is 32.9 Å². The molecule has 4 aliphatic rings. The third-order valence-electron chi connectivity index (χ3n) is 7.18. The predicted octanol–water partition coefficient (Wildman–Crippen LogP) is 2.16. The summed E-state index contributed by atoms with van der Waals surface area (Å²) < 4.78 is 3.24. The lowest BCUT2D eigenvalue weighted by Crippen LogP contribution is -2.40. The average molecular weight is 434 g/mol. The quantitative estimate of drug-likeness (QED) is 0.698. The zero-order chi connectivity index (χ0) is 22.0. The first-order chi connectivity index (χ1) is 15.5. The largest absolute Gasteiger partial charge is 0.345 e. The minimum absolute atomic E-state index is 0.0604. The van der Waals surface area contributed by atoms with E-state index >= 15 is 0 Å². The summed E-state index contributed by atoms with van der Waals surface area (Å²) in [6.07, 6.45) is 8.44. The topological polar surface area (TPSA) is 89.6 Å². The number of fused-ring (bicyclic) bond motifs is 1. The molecule has 4 heterocycles. The van der Waals surface area contributed by atoms with Gasteiger partial charge in [0.2, 0.25) is 5.91 Å². The smallest absolute Gasteiger partial charge is 0.333 e. The monoisotopic (exact) mass is 433 g/mol. The van der Waals surface area contributed by atoms with Gasteiger partial charge in [0, 0.05) is 56.0 Å². The Bertz CT molecular complexity index is 1250.